The van der Waals surface area contributed by atoms with Gasteiger partial charge in [-0.15, -0.1) is 5.10 Å². The first kappa shape index (κ1) is 16.7. The number of nitrogens with zero attached hydrogens (tertiary/aromatic N) is 4. The Kier molecular flexibility index (Phi) is 4.25. The highest BCUT2D eigenvalue weighted by atomic mass is 16.4. The van der Waals surface area contributed by atoms with Crippen molar-refractivity contribution in [2.45, 2.75) is 12.8 Å². The van der Waals surface area contributed by atoms with Crippen LogP contribution in [0.1, 0.15) is 12.0 Å². The maximum absolute atomic E-state index is 10.7. The molecule has 0 saturated carbocycles. The first-order valence-electron chi connectivity index (χ1n) is 8.42. The summed E-state index contributed by atoms with van der Waals surface area (Å²) in [6.07, 6.45) is 2.38. The molecule has 0 atom stereocenters. The Morgan fingerprint density at radius 3 is 2.59 bits per heavy atom. The Bertz CT molecular complexity index is 1120. The maximum Gasteiger partial charge on any atom is 0.303 e. The minimum Gasteiger partial charge on any atom is -0.508 e. The van der Waals surface area contributed by atoms with Gasteiger partial charge in [-0.2, -0.15) is 0 Å². The number of aryl methyl sites for hydroxylation is 1. The molecule has 0 aliphatic heterocycles. The number of aromatic hydroxyl groups is 1. The number of phenols is 1. The highest BCUT2D eigenvalue weighted by Gasteiger charge is 2.09. The molecule has 2 aromatic carbocycles. The summed E-state index contributed by atoms with van der Waals surface area (Å²) >= 11 is 0. The van der Waals surface area contributed by atoms with E-state index in [1.54, 1.807) is 35.1 Å². The molecule has 4 aromatic rings. The maximum atomic E-state index is 10.7. The summed E-state index contributed by atoms with van der Waals surface area (Å²) in [7, 11) is 0. The number of carboxylic acid groups (broad SMARTS) is 1. The van der Waals surface area contributed by atoms with Gasteiger partial charge in [0.05, 0.1) is 23.1 Å². The van der Waals surface area contributed by atoms with E-state index in [2.05, 4.69) is 15.3 Å². The summed E-state index contributed by atoms with van der Waals surface area (Å²) in [5.74, 6) is -0.613. The third-order valence-electron chi connectivity index (χ3n) is 4.25. The average Bonchev–Trinajstić information content (AvgIpc) is 3.16. The molecule has 0 amide bonds. The molecular weight excluding hydrogens is 344 g/mol. The molecule has 0 aliphatic carbocycles. The van der Waals surface area contributed by atoms with Crippen molar-refractivity contribution in [1.29, 1.82) is 0 Å². The second-order valence-electron chi connectivity index (χ2n) is 6.18. The molecule has 134 valence electrons. The highest BCUT2D eigenvalue weighted by Crippen LogP contribution is 2.22. The van der Waals surface area contributed by atoms with Gasteiger partial charge in [0.25, 0.3) is 0 Å². The summed E-state index contributed by atoms with van der Waals surface area (Å²) in [5, 5.41) is 27.4. The minimum absolute atomic E-state index is 0.109. The molecule has 27 heavy (non-hydrogen) atoms. The lowest BCUT2D eigenvalue weighted by atomic mass is 10.1. The van der Waals surface area contributed by atoms with Crippen LogP contribution in [0, 0.1) is 0 Å². The van der Waals surface area contributed by atoms with E-state index in [-0.39, 0.29) is 12.2 Å². The second-order valence-corrected chi connectivity index (χ2v) is 6.18. The standard InChI is InChI=1S/C20H16N4O3/c25-16-6-4-15(5-7-16)24-12-19(22-23-24)18-9-3-14-11-13(2-10-20(26)27)1-8-17(14)21-18/h1,3-9,11-12,25H,2,10H2,(H,26,27). The average molecular weight is 360 g/mol. The van der Waals surface area contributed by atoms with E-state index in [0.29, 0.717) is 17.8 Å². The van der Waals surface area contributed by atoms with Crippen molar-refractivity contribution in [1.82, 2.24) is 20.0 Å². The predicted molar refractivity (Wildman–Crippen MR) is 99.7 cm³/mol. The summed E-state index contributed by atoms with van der Waals surface area (Å²) < 4.78 is 1.62. The zero-order valence-electron chi connectivity index (χ0n) is 14.3. The normalized spacial score (nSPS) is 11.0. The molecule has 2 aromatic heterocycles. The van der Waals surface area contributed by atoms with Gasteiger partial charge in [0, 0.05) is 11.8 Å². The van der Waals surface area contributed by atoms with Gasteiger partial charge >= 0.3 is 5.97 Å². The summed E-state index contributed by atoms with van der Waals surface area (Å²) in [6.45, 7) is 0. The van der Waals surface area contributed by atoms with E-state index in [9.17, 15) is 9.90 Å². The highest BCUT2D eigenvalue weighted by molar-refractivity contribution is 5.82. The van der Waals surface area contributed by atoms with E-state index in [1.807, 2.05) is 30.3 Å². The number of benzene rings is 2. The molecule has 0 unspecified atom stereocenters. The Morgan fingerprint density at radius 2 is 1.81 bits per heavy atom. The van der Waals surface area contributed by atoms with Crippen LogP contribution in [0.15, 0.2) is 60.8 Å². The van der Waals surface area contributed by atoms with Crippen LogP contribution in [0.2, 0.25) is 0 Å². The second kappa shape index (κ2) is 6.87. The van der Waals surface area contributed by atoms with Crippen molar-refractivity contribution in [2.24, 2.45) is 0 Å². The van der Waals surface area contributed by atoms with Gasteiger partial charge in [0.1, 0.15) is 11.4 Å². The molecule has 0 spiro atoms. The molecule has 2 heterocycles. The first-order valence-corrected chi connectivity index (χ1v) is 8.42. The molecule has 7 heteroatoms. The number of hydrogen-bond donors (Lipinski definition) is 2. The van der Waals surface area contributed by atoms with E-state index in [0.717, 1.165) is 22.2 Å². The molecule has 2 N–H and O–H groups in total. The number of fused-ring (bicyclic) bond motifs is 1. The van der Waals surface area contributed by atoms with Gasteiger partial charge in [-0.3, -0.25) is 4.79 Å². The van der Waals surface area contributed by atoms with Crippen molar-refractivity contribution in [3.05, 3.63) is 66.4 Å². The number of rotatable bonds is 5. The Balaban J connectivity index is 1.61. The monoisotopic (exact) mass is 360 g/mol. The lowest BCUT2D eigenvalue weighted by Gasteiger charge is -2.04. The number of hydrogen-bond acceptors (Lipinski definition) is 5. The van der Waals surface area contributed by atoms with Gasteiger partial charge in [-0.1, -0.05) is 17.3 Å². The molecule has 0 saturated heterocycles. The lowest BCUT2D eigenvalue weighted by molar-refractivity contribution is -0.136. The van der Waals surface area contributed by atoms with Gasteiger partial charge in [-0.05, 0) is 54.4 Å². The number of aromatic nitrogens is 4. The number of pyridine rings is 1. The van der Waals surface area contributed by atoms with Crippen molar-refractivity contribution in [2.75, 3.05) is 0 Å². The van der Waals surface area contributed by atoms with Gasteiger partial charge in [0.2, 0.25) is 0 Å². The number of aliphatic carboxylic acids is 1. The largest absolute Gasteiger partial charge is 0.508 e. The third kappa shape index (κ3) is 3.62. The summed E-state index contributed by atoms with van der Waals surface area (Å²) in [5.41, 5.74) is 3.91. The van der Waals surface area contributed by atoms with Gasteiger partial charge in [-0.25, -0.2) is 9.67 Å². The Hall–Kier alpha value is -3.74. The fraction of sp³-hybridized carbons (Fsp3) is 0.100. The topological polar surface area (TPSA) is 101 Å². The van der Waals surface area contributed by atoms with E-state index in [1.165, 1.54) is 0 Å². The molecule has 0 bridgehead atoms. The molecule has 0 fully saturated rings. The van der Waals surface area contributed by atoms with Crippen LogP contribution in [-0.2, 0) is 11.2 Å². The van der Waals surface area contributed by atoms with E-state index in [4.69, 9.17) is 5.11 Å². The molecule has 4 rings (SSSR count). The SMILES string of the molecule is O=C(O)CCc1ccc2nc(-c3cn(-c4ccc(O)cc4)nn3)ccc2c1. The Morgan fingerprint density at radius 1 is 1.00 bits per heavy atom. The fourth-order valence-electron chi connectivity index (χ4n) is 2.84. The van der Waals surface area contributed by atoms with Crippen molar-refractivity contribution < 1.29 is 15.0 Å². The van der Waals surface area contributed by atoms with Crippen molar-refractivity contribution >= 4 is 16.9 Å². The van der Waals surface area contributed by atoms with Crippen LogP contribution >= 0.6 is 0 Å². The zero-order chi connectivity index (χ0) is 18.8. The van der Waals surface area contributed by atoms with Crippen LogP contribution in [0.4, 0.5) is 0 Å². The predicted octanol–water partition coefficient (Wildman–Crippen LogP) is 3.21. The zero-order valence-corrected chi connectivity index (χ0v) is 14.3. The molecule has 0 aliphatic rings. The third-order valence-corrected chi connectivity index (χ3v) is 4.25. The van der Waals surface area contributed by atoms with Crippen LogP contribution in [-0.4, -0.2) is 36.2 Å². The van der Waals surface area contributed by atoms with Gasteiger partial charge < -0.3 is 10.2 Å². The quantitative estimate of drug-likeness (QED) is 0.567. The van der Waals surface area contributed by atoms with Crippen molar-refractivity contribution in [3.63, 3.8) is 0 Å². The number of carboxylic acids is 1. The summed E-state index contributed by atoms with van der Waals surface area (Å²) in [4.78, 5) is 15.4. The Labute approximate surface area is 154 Å². The van der Waals surface area contributed by atoms with Gasteiger partial charge in [0.15, 0.2) is 0 Å². The molecular formula is C20H16N4O3. The van der Waals surface area contributed by atoms with Crippen LogP contribution in [0.3, 0.4) is 0 Å². The van der Waals surface area contributed by atoms with E-state index < -0.39 is 5.97 Å². The van der Waals surface area contributed by atoms with Crippen LogP contribution in [0.25, 0.3) is 28.0 Å². The number of phenolic OH excluding ortho intramolecular Hbond substituents is 1. The number of carbonyl (C=O) groups is 1. The fourth-order valence-corrected chi connectivity index (χ4v) is 2.84. The van der Waals surface area contributed by atoms with Crippen molar-refractivity contribution in [3.8, 4) is 22.8 Å². The van der Waals surface area contributed by atoms with E-state index >= 15 is 0 Å². The summed E-state index contributed by atoms with van der Waals surface area (Å²) in [6, 6.07) is 16.2. The van der Waals surface area contributed by atoms with Crippen LogP contribution in [0.5, 0.6) is 5.75 Å². The molecule has 7 nitrogen and oxygen atoms in total. The molecule has 0 radical (unpaired) electrons. The van der Waals surface area contributed by atoms with Crippen LogP contribution < -0.4 is 0 Å². The lowest BCUT2D eigenvalue weighted by Crippen LogP contribution is -1.97. The minimum atomic E-state index is -0.805. The smallest absolute Gasteiger partial charge is 0.303 e. The first-order chi connectivity index (χ1) is 13.1.